The van der Waals surface area contributed by atoms with Crippen molar-refractivity contribution >= 4 is 53.3 Å². The summed E-state index contributed by atoms with van der Waals surface area (Å²) in [5.41, 5.74) is 0. The van der Waals surface area contributed by atoms with Crippen LogP contribution < -0.4 is 168 Å². The molecule has 3 rings (SSSR count). The van der Waals surface area contributed by atoms with Gasteiger partial charge in [-0.1, -0.05) is 0 Å². The number of aliphatic hydroxyl groups is 5. The number of hydrogen-bond donors (Lipinski definition) is 8. The van der Waals surface area contributed by atoms with E-state index in [0.717, 1.165) is 6.92 Å². The Balaban J connectivity index is -0.00000696. The summed E-state index contributed by atoms with van der Waals surface area (Å²) in [6, 6.07) is -4.21. The first-order chi connectivity index (χ1) is 26.0. The number of carboxylic acid groups (broad SMARTS) is 1. The Labute approximate surface area is 463 Å². The number of rotatable bonds is 19. The van der Waals surface area contributed by atoms with Gasteiger partial charge in [0, 0.05) is 13.5 Å². The normalized spacial score (nSPS) is 34.1. The number of aliphatic carboxylic acids is 1. The maximum absolute atomic E-state index is 12.3. The monoisotopic (exact) mass is 1030 g/mol. The predicted octanol–water partition coefficient (Wildman–Crippen LogP) is -26.6. The average Bonchev–Trinajstić information content (AvgIpc) is 3.04. The van der Waals surface area contributed by atoms with Crippen LogP contribution in [0.15, 0.2) is 0 Å². The summed E-state index contributed by atoms with van der Waals surface area (Å²) in [4.78, 5) is 24.1. The molecule has 3 saturated heterocycles. The first-order valence-electron chi connectivity index (χ1n) is 15.4. The minimum absolute atomic E-state index is 0. The molecule has 62 heavy (non-hydrogen) atoms. The van der Waals surface area contributed by atoms with E-state index in [2.05, 4.69) is 13.7 Å². The van der Waals surface area contributed by atoms with E-state index in [9.17, 15) is 92.1 Å². The number of aliphatic hydroxyl groups excluding tert-OH is 5. The number of carbonyl (C=O) groups is 2. The Morgan fingerprint density at radius 2 is 1.11 bits per heavy atom. The zero-order valence-corrected chi connectivity index (χ0v) is 46.5. The van der Waals surface area contributed by atoms with E-state index in [-0.39, 0.29) is 148 Å². The second-order valence-corrected chi connectivity index (χ2v) is 16.4. The van der Waals surface area contributed by atoms with Gasteiger partial charge < -0.3 is 87.4 Å². The fourth-order valence-corrected chi connectivity index (χ4v) is 6.99. The molecule has 0 aromatic heterocycles. The Morgan fingerprint density at radius 3 is 1.58 bits per heavy atom. The summed E-state index contributed by atoms with van der Waals surface area (Å²) in [6.07, 6.45) is -30.6. The summed E-state index contributed by atoms with van der Waals surface area (Å²) in [5.74, 6) is -3.25. The molecule has 0 aliphatic carbocycles. The Kier molecular flexibility index (Phi) is 32.8. The van der Waals surface area contributed by atoms with Crippen LogP contribution in [0.2, 0.25) is 0 Å². The fourth-order valence-electron chi connectivity index (χ4n) is 5.47. The van der Waals surface area contributed by atoms with Crippen molar-refractivity contribution in [3.05, 3.63) is 0 Å². The van der Waals surface area contributed by atoms with E-state index >= 15 is 0 Å². The molecule has 8 N–H and O–H groups in total. The quantitative estimate of drug-likeness (QED) is 0.0258. The van der Waals surface area contributed by atoms with Crippen molar-refractivity contribution in [3.63, 3.8) is 0 Å². The Hall–Kier alpha value is 2.98. The number of carboxylic acids is 1. The molecule has 334 valence electrons. The van der Waals surface area contributed by atoms with Crippen molar-refractivity contribution in [2.75, 3.05) is 26.4 Å². The molecule has 15 atom stereocenters. The van der Waals surface area contributed by atoms with Crippen LogP contribution in [0.1, 0.15) is 6.92 Å². The minimum atomic E-state index is -5.62. The summed E-state index contributed by atoms with van der Waals surface area (Å²) < 4.78 is 176. The Morgan fingerprint density at radius 1 is 0.613 bits per heavy atom. The first kappa shape index (κ1) is 69.2. The summed E-state index contributed by atoms with van der Waals surface area (Å²) in [7, 11) is -21.7. The number of ether oxygens (including phenoxy) is 6. The molecule has 0 aromatic rings. The minimum Gasteiger partial charge on any atom is -0.735 e. The van der Waals surface area contributed by atoms with Crippen molar-refractivity contribution in [3.8, 4) is 0 Å². The van der Waals surface area contributed by atoms with E-state index in [4.69, 9.17) is 28.4 Å². The van der Waals surface area contributed by atoms with E-state index in [1.807, 2.05) is 0 Å². The van der Waals surface area contributed by atoms with Gasteiger partial charge >= 0.3 is 148 Å². The van der Waals surface area contributed by atoms with Gasteiger partial charge in [-0.15, -0.1) is 0 Å². The number of carbonyl (C=O) groups excluding carboxylic acids is 2. The van der Waals surface area contributed by atoms with Gasteiger partial charge in [-0.3, -0.25) is 13.2 Å². The van der Waals surface area contributed by atoms with Gasteiger partial charge in [-0.05, 0) is 0 Å². The SMILES string of the molecule is CC(=O)N[C@H]1[C@@H](O[C@H]2[C@H](O)[C@@H](O)[C@H](O[C@H]3[C@H](O)[C@@H](NS(=O)(=O)[O-])[C@@H](OCCNS(=O)(=O)[O-])O[C@@H]3COS(=O)(=O)[O-])O[C@@H]2C(=O)[O-])O[C@H](COS(=O)(=O)[O-])[C@@H](O)[C@@H]1O.[Na+].[Na+].[Na+].[Na+].[Na+]. The second-order valence-electron chi connectivity index (χ2n) is 11.9. The van der Waals surface area contributed by atoms with Gasteiger partial charge in [0.15, 0.2) is 39.5 Å². The van der Waals surface area contributed by atoms with Gasteiger partial charge in [-0.25, -0.2) is 43.1 Å². The van der Waals surface area contributed by atoms with E-state index in [1.165, 1.54) is 9.44 Å². The molecule has 40 heteroatoms. The van der Waals surface area contributed by atoms with E-state index in [0.29, 0.717) is 0 Å². The molecular weight excluding hydrogens is 997 g/mol. The van der Waals surface area contributed by atoms with Crippen LogP contribution in [0.25, 0.3) is 0 Å². The zero-order valence-electron chi connectivity index (χ0n) is 33.2. The number of nitrogens with one attached hydrogen (secondary N) is 3. The van der Waals surface area contributed by atoms with Crippen LogP contribution in [0, 0.1) is 0 Å². The molecule has 1 amide bonds. The van der Waals surface area contributed by atoms with Gasteiger partial charge in [0.2, 0.25) is 26.7 Å². The summed E-state index contributed by atoms with van der Waals surface area (Å²) in [6.45, 7) is -3.58. The van der Waals surface area contributed by atoms with Crippen molar-refractivity contribution in [2.24, 2.45) is 0 Å². The molecular formula is C22H34N3Na5O28S4. The molecule has 0 spiro atoms. The number of hydrogen-bond acceptors (Lipinski definition) is 28. The van der Waals surface area contributed by atoms with E-state index < -0.39 is 172 Å². The molecule has 3 aliphatic rings. The van der Waals surface area contributed by atoms with E-state index in [1.54, 1.807) is 0 Å². The van der Waals surface area contributed by atoms with Crippen LogP contribution in [-0.4, -0.2) is 208 Å². The smallest absolute Gasteiger partial charge is 0.735 e. The van der Waals surface area contributed by atoms with Crippen LogP contribution in [0.3, 0.4) is 0 Å². The molecule has 0 saturated carbocycles. The molecule has 0 unspecified atom stereocenters. The van der Waals surface area contributed by atoms with Crippen LogP contribution in [0.4, 0.5) is 0 Å². The van der Waals surface area contributed by atoms with Gasteiger partial charge in [0.05, 0.1) is 25.8 Å². The third-order valence-electron chi connectivity index (χ3n) is 7.80. The average molecular weight is 1030 g/mol. The zero-order chi connectivity index (χ0) is 43.4. The maximum Gasteiger partial charge on any atom is 1.00 e. The summed E-state index contributed by atoms with van der Waals surface area (Å²) >= 11 is 0. The maximum atomic E-state index is 12.3. The topological polar surface area (TPSA) is 497 Å². The third kappa shape index (κ3) is 22.4. The molecule has 0 aromatic carbocycles. The van der Waals surface area contributed by atoms with Crippen molar-refractivity contribution < 1.29 is 277 Å². The third-order valence-corrected chi connectivity index (χ3v) is 9.77. The molecule has 3 fully saturated rings. The molecule has 0 radical (unpaired) electrons. The second kappa shape index (κ2) is 29.4. The largest absolute Gasteiger partial charge is 1.00 e. The molecule has 0 bridgehead atoms. The van der Waals surface area contributed by atoms with Crippen molar-refractivity contribution in [1.82, 2.24) is 14.8 Å². The molecule has 31 nitrogen and oxygen atoms in total. The van der Waals surface area contributed by atoms with Gasteiger partial charge in [0.25, 0.3) is 0 Å². The molecule has 3 aliphatic heterocycles. The fraction of sp³-hybridized carbons (Fsp3) is 0.909. The van der Waals surface area contributed by atoms with Crippen LogP contribution in [-0.2, 0) is 87.8 Å². The standard InChI is InChI=1S/C22H39N3O28S4.5Na/c1-6(26)24-9-12(28)11(27)7(4-47-56(40,41)42)49-21(9)52-17-14(30)15(31)22(53-18(17)19(32)33)51-16-8(5-48-57(43,44)45)50-20(46-3-2-23-54(34,35)36)10(13(16)29)25-55(37,38)39;;;;;/h7-18,20-23,25,27-31H,2-5H2,1H3,(H,24,26)(H,32,33)(H,34,35,36)(H,37,38,39)(H,40,41,42)(H,43,44,45);;;;;/q;5*+1/p-5/t7-,8-,9-,10-,11-,12-,13-,14-,15-,16-,17+,18+,20+,21-,22-;;;;;/m1...../s1. The van der Waals surface area contributed by atoms with Crippen LogP contribution in [0.5, 0.6) is 0 Å². The molecule has 3 heterocycles. The van der Waals surface area contributed by atoms with Gasteiger partial charge in [-0.2, -0.15) is 0 Å². The van der Waals surface area contributed by atoms with Gasteiger partial charge in [0.1, 0.15) is 73.1 Å². The Bertz CT molecular complexity index is 1860. The predicted molar refractivity (Wildman–Crippen MR) is 160 cm³/mol. The van der Waals surface area contributed by atoms with Crippen molar-refractivity contribution in [2.45, 2.75) is 98.9 Å². The van der Waals surface area contributed by atoms with Crippen LogP contribution >= 0.6 is 0 Å². The van der Waals surface area contributed by atoms with Crippen molar-refractivity contribution in [1.29, 1.82) is 0 Å². The first-order valence-corrected chi connectivity index (χ1v) is 20.9. The number of amides is 1. The summed E-state index contributed by atoms with van der Waals surface area (Å²) in [5, 5.41) is 68.5.